The summed E-state index contributed by atoms with van der Waals surface area (Å²) in [4.78, 5) is 17.1. The fourth-order valence-corrected chi connectivity index (χ4v) is 3.75. The molecule has 0 fully saturated rings. The lowest BCUT2D eigenvalue weighted by atomic mass is 10.1. The van der Waals surface area contributed by atoms with Crippen LogP contribution in [-0.2, 0) is 12.7 Å². The summed E-state index contributed by atoms with van der Waals surface area (Å²) >= 11 is 17.8. The summed E-state index contributed by atoms with van der Waals surface area (Å²) in [7, 11) is 0. The molecule has 4 aromatic rings. The normalized spacial score (nSPS) is 12.1. The molecule has 1 heterocycles. The van der Waals surface area contributed by atoms with Crippen molar-refractivity contribution in [2.45, 2.75) is 12.7 Å². The minimum Gasteiger partial charge on any atom is -0.309 e. The number of aromatic nitrogens is 2. The highest BCUT2D eigenvalue weighted by molar-refractivity contribution is 6.42. The van der Waals surface area contributed by atoms with E-state index in [4.69, 9.17) is 34.8 Å². The van der Waals surface area contributed by atoms with Gasteiger partial charge in [-0.05, 0) is 60.2 Å². The molecule has 36 heavy (non-hydrogen) atoms. The molecule has 0 unspecified atom stereocenters. The number of hydrogen-bond donors (Lipinski definition) is 3. The van der Waals surface area contributed by atoms with Gasteiger partial charge in [0.15, 0.2) is 5.82 Å². The fraction of sp³-hybridized carbons (Fsp3) is 0.0870. The van der Waals surface area contributed by atoms with Crippen molar-refractivity contribution in [1.82, 2.24) is 15.5 Å². The van der Waals surface area contributed by atoms with Gasteiger partial charge in [-0.1, -0.05) is 34.8 Å². The van der Waals surface area contributed by atoms with Gasteiger partial charge in [0.1, 0.15) is 5.82 Å². The molecule has 0 saturated carbocycles. The van der Waals surface area contributed by atoms with Gasteiger partial charge in [-0.2, -0.15) is 18.3 Å². The molecule has 3 N–H and O–H groups in total. The van der Waals surface area contributed by atoms with E-state index in [0.717, 1.165) is 18.2 Å². The van der Waals surface area contributed by atoms with Gasteiger partial charge in [-0.15, -0.1) is 0 Å². The molecule has 0 aliphatic rings. The van der Waals surface area contributed by atoms with Crippen molar-refractivity contribution < 1.29 is 22.4 Å². The number of carbonyl (C=O) groups excluding carboxylic acids is 1. The van der Waals surface area contributed by atoms with Crippen LogP contribution in [0.2, 0.25) is 15.1 Å². The number of guanidine groups is 1. The maximum absolute atomic E-state index is 13.7. The summed E-state index contributed by atoms with van der Waals surface area (Å²) in [5.74, 6) is -1.19. The molecule has 1 amide bonds. The van der Waals surface area contributed by atoms with Crippen molar-refractivity contribution in [1.29, 1.82) is 0 Å². The lowest BCUT2D eigenvalue weighted by Crippen LogP contribution is -2.36. The molecule has 0 saturated heterocycles. The van der Waals surface area contributed by atoms with Gasteiger partial charge in [-0.25, -0.2) is 9.38 Å². The number of anilines is 1. The van der Waals surface area contributed by atoms with Crippen molar-refractivity contribution in [3.63, 3.8) is 0 Å². The van der Waals surface area contributed by atoms with Gasteiger partial charge >= 0.3 is 6.18 Å². The first-order valence-corrected chi connectivity index (χ1v) is 11.2. The summed E-state index contributed by atoms with van der Waals surface area (Å²) in [5, 5.41) is 12.7. The lowest BCUT2D eigenvalue weighted by Gasteiger charge is -2.11. The Morgan fingerprint density at radius 1 is 1.00 bits per heavy atom. The van der Waals surface area contributed by atoms with Crippen molar-refractivity contribution in [3.05, 3.63) is 92.2 Å². The van der Waals surface area contributed by atoms with E-state index < -0.39 is 23.5 Å². The first-order chi connectivity index (χ1) is 17.0. The molecule has 186 valence electrons. The van der Waals surface area contributed by atoms with E-state index in [0.29, 0.717) is 10.9 Å². The third-order valence-corrected chi connectivity index (χ3v) is 5.84. The molecule has 13 heteroatoms. The van der Waals surface area contributed by atoms with Crippen molar-refractivity contribution >= 4 is 63.4 Å². The zero-order chi connectivity index (χ0) is 26.0. The second-order valence-electron chi connectivity index (χ2n) is 7.48. The van der Waals surface area contributed by atoms with Crippen LogP contribution in [0.25, 0.3) is 10.9 Å². The number of rotatable bonds is 4. The smallest absolute Gasteiger partial charge is 0.309 e. The first kappa shape index (κ1) is 25.7. The van der Waals surface area contributed by atoms with Crippen molar-refractivity contribution in [2.75, 3.05) is 5.32 Å². The number of fused-ring (bicyclic) bond motifs is 1. The number of nitrogens with zero attached hydrogens (tertiary/aromatic N) is 2. The topological polar surface area (TPSA) is 82.2 Å². The van der Waals surface area contributed by atoms with Crippen LogP contribution in [0.1, 0.15) is 21.5 Å². The van der Waals surface area contributed by atoms with Gasteiger partial charge in [0.2, 0.25) is 5.96 Å². The third-order valence-electron chi connectivity index (χ3n) is 4.88. The maximum Gasteiger partial charge on any atom is 0.416 e. The molecule has 0 aliphatic carbocycles. The summed E-state index contributed by atoms with van der Waals surface area (Å²) in [6.07, 6.45) is -4.53. The van der Waals surface area contributed by atoms with Gasteiger partial charge in [0.05, 0.1) is 27.7 Å². The Morgan fingerprint density at radius 3 is 2.47 bits per heavy atom. The van der Waals surface area contributed by atoms with Crippen molar-refractivity contribution in [3.8, 4) is 0 Å². The molecule has 6 nitrogen and oxygen atoms in total. The fourth-order valence-electron chi connectivity index (χ4n) is 3.20. The largest absolute Gasteiger partial charge is 0.416 e. The average Bonchev–Trinajstić information content (AvgIpc) is 3.20. The zero-order valence-corrected chi connectivity index (χ0v) is 20.1. The van der Waals surface area contributed by atoms with E-state index >= 15 is 0 Å². The van der Waals surface area contributed by atoms with E-state index in [1.54, 1.807) is 0 Å². The molecule has 0 spiro atoms. The summed E-state index contributed by atoms with van der Waals surface area (Å²) in [6.45, 7) is -0.0952. The molecule has 1 aromatic heterocycles. The first-order valence-electron chi connectivity index (χ1n) is 10.1. The number of aromatic amines is 1. The van der Waals surface area contributed by atoms with Crippen LogP contribution in [0.4, 0.5) is 23.4 Å². The van der Waals surface area contributed by atoms with Crippen LogP contribution < -0.4 is 10.6 Å². The number of amides is 1. The van der Waals surface area contributed by atoms with Gasteiger partial charge in [0.25, 0.3) is 5.91 Å². The highest BCUT2D eigenvalue weighted by Gasteiger charge is 2.31. The minimum atomic E-state index is -4.53. The zero-order valence-electron chi connectivity index (χ0n) is 17.9. The van der Waals surface area contributed by atoms with Crippen LogP contribution >= 0.6 is 34.8 Å². The van der Waals surface area contributed by atoms with Crippen LogP contribution in [0.15, 0.2) is 59.6 Å². The predicted molar refractivity (Wildman–Crippen MR) is 131 cm³/mol. The molecule has 0 radical (unpaired) electrons. The number of H-pyrrole nitrogens is 1. The molecule has 0 bridgehead atoms. The molecule has 3 aromatic carbocycles. The molecular weight excluding hydrogens is 545 g/mol. The van der Waals surface area contributed by atoms with Gasteiger partial charge in [0, 0.05) is 16.0 Å². The van der Waals surface area contributed by atoms with E-state index in [9.17, 15) is 22.4 Å². The highest BCUT2D eigenvalue weighted by Crippen LogP contribution is 2.32. The van der Waals surface area contributed by atoms with Crippen LogP contribution in [0, 0.1) is 5.82 Å². The van der Waals surface area contributed by atoms with Crippen LogP contribution in [0.3, 0.4) is 0 Å². The Morgan fingerprint density at radius 2 is 1.78 bits per heavy atom. The molecule has 0 atom stereocenters. The number of halogens is 7. The quantitative estimate of drug-likeness (QED) is 0.142. The number of aliphatic imine (C=N–C) groups is 1. The SMILES string of the molecule is O=C(NC(=NCc1cc(F)cc(Cl)c1)Nc1n[nH]c2cc(C(F)(F)F)ccc12)c1ccc(Cl)c(Cl)c1. The maximum atomic E-state index is 13.7. The third kappa shape index (κ3) is 6.07. The highest BCUT2D eigenvalue weighted by atomic mass is 35.5. The van der Waals surface area contributed by atoms with Crippen LogP contribution in [0.5, 0.6) is 0 Å². The molecular formula is C23H14Cl3F4N5O. The monoisotopic (exact) mass is 557 g/mol. The van der Waals surface area contributed by atoms with Crippen LogP contribution in [-0.4, -0.2) is 22.1 Å². The predicted octanol–water partition coefficient (Wildman–Crippen LogP) is 7.08. The van der Waals surface area contributed by atoms with E-state index in [1.807, 2.05) is 0 Å². The van der Waals surface area contributed by atoms with Gasteiger partial charge < -0.3 is 5.32 Å². The number of carbonyl (C=O) groups is 1. The van der Waals surface area contributed by atoms with Crippen molar-refractivity contribution in [2.24, 2.45) is 4.99 Å². The Hall–Kier alpha value is -3.34. The summed E-state index contributed by atoms with van der Waals surface area (Å²) in [6, 6.07) is 11.1. The van der Waals surface area contributed by atoms with E-state index in [-0.39, 0.29) is 44.5 Å². The Bertz CT molecular complexity index is 1470. The standard InChI is InChI=1S/C23H14Cl3F4N5O/c24-14-5-11(6-15(27)9-14)10-31-22(33-21(36)12-1-4-17(25)18(26)7-12)32-20-16-3-2-13(23(28,29)30)8-19(16)34-35-20/h1-9H,10H2,(H3,31,32,33,34,35,36). The second-order valence-corrected chi connectivity index (χ2v) is 8.73. The summed E-state index contributed by atoms with van der Waals surface area (Å²) < 4.78 is 52.8. The Kier molecular flexibility index (Phi) is 7.39. The van der Waals surface area contributed by atoms with E-state index in [2.05, 4.69) is 25.8 Å². The summed E-state index contributed by atoms with van der Waals surface area (Å²) in [5.41, 5.74) is -0.173. The van der Waals surface area contributed by atoms with Gasteiger partial charge in [-0.3, -0.25) is 15.2 Å². The average molecular weight is 559 g/mol. The molecule has 0 aliphatic heterocycles. The second kappa shape index (κ2) is 10.3. The Balaban J connectivity index is 1.65. The van der Waals surface area contributed by atoms with E-state index in [1.165, 1.54) is 36.4 Å². The molecule has 4 rings (SSSR count). The number of benzene rings is 3. The lowest BCUT2D eigenvalue weighted by molar-refractivity contribution is -0.137. The number of hydrogen-bond acceptors (Lipinski definition) is 3. The Labute approximate surface area is 216 Å². The number of alkyl halides is 3. The minimum absolute atomic E-state index is 0.0952. The number of nitrogens with one attached hydrogen (secondary N) is 3.